The summed E-state index contributed by atoms with van der Waals surface area (Å²) in [5, 5.41) is 3.97. The van der Waals surface area contributed by atoms with E-state index in [0.717, 1.165) is 12.1 Å². The molecule has 0 bridgehead atoms. The Hall–Kier alpha value is -1.96. The number of anilines is 1. The van der Waals surface area contributed by atoms with E-state index in [1.807, 2.05) is 0 Å². The van der Waals surface area contributed by atoms with Crippen molar-refractivity contribution in [3.05, 3.63) is 36.4 Å². The van der Waals surface area contributed by atoms with Crippen LogP contribution in [0.4, 0.5) is 10.3 Å². The van der Waals surface area contributed by atoms with Gasteiger partial charge < -0.3 is 0 Å². The SMILES string of the molecule is O=S(=O)(c1ccc(F)cc1)N1CCCn2ncnc21. The highest BCUT2D eigenvalue weighted by molar-refractivity contribution is 7.92. The van der Waals surface area contributed by atoms with Crippen molar-refractivity contribution in [1.82, 2.24) is 14.8 Å². The Labute approximate surface area is 109 Å². The van der Waals surface area contributed by atoms with E-state index >= 15 is 0 Å². The standard InChI is InChI=1S/C11H11FN4O2S/c12-9-2-4-10(5-3-9)19(17,18)16-7-1-6-15-11(16)13-8-14-15/h2-5,8H,1,6-7H2. The first-order chi connectivity index (χ1) is 9.09. The number of aromatic nitrogens is 3. The molecule has 0 unspecified atom stereocenters. The lowest BCUT2D eigenvalue weighted by atomic mass is 10.4. The monoisotopic (exact) mass is 282 g/mol. The molecule has 2 heterocycles. The Morgan fingerprint density at radius 2 is 1.89 bits per heavy atom. The number of nitrogens with zero attached hydrogens (tertiary/aromatic N) is 4. The van der Waals surface area contributed by atoms with Gasteiger partial charge in [-0.15, -0.1) is 0 Å². The van der Waals surface area contributed by atoms with Gasteiger partial charge in [0.05, 0.1) is 4.90 Å². The first kappa shape index (κ1) is 12.1. The maximum Gasteiger partial charge on any atom is 0.266 e. The first-order valence-corrected chi connectivity index (χ1v) is 7.19. The number of hydrogen-bond acceptors (Lipinski definition) is 4. The third-order valence-corrected chi connectivity index (χ3v) is 4.74. The van der Waals surface area contributed by atoms with E-state index in [0.29, 0.717) is 25.5 Å². The summed E-state index contributed by atoms with van der Waals surface area (Å²) in [4.78, 5) is 4.02. The van der Waals surface area contributed by atoms with Gasteiger partial charge >= 0.3 is 0 Å². The van der Waals surface area contributed by atoms with Crippen LogP contribution in [0.15, 0.2) is 35.5 Å². The van der Waals surface area contributed by atoms with Crippen LogP contribution in [-0.2, 0) is 16.6 Å². The van der Waals surface area contributed by atoms with Gasteiger partial charge in [0.25, 0.3) is 10.0 Å². The summed E-state index contributed by atoms with van der Waals surface area (Å²) in [5.41, 5.74) is 0. The molecule has 0 aliphatic carbocycles. The van der Waals surface area contributed by atoms with Gasteiger partial charge in [0.1, 0.15) is 12.1 Å². The van der Waals surface area contributed by atoms with Crippen LogP contribution >= 0.6 is 0 Å². The van der Waals surface area contributed by atoms with Gasteiger partial charge in [0, 0.05) is 13.1 Å². The summed E-state index contributed by atoms with van der Waals surface area (Å²) < 4.78 is 40.6. The quantitative estimate of drug-likeness (QED) is 0.824. The zero-order valence-electron chi connectivity index (χ0n) is 9.90. The van der Waals surface area contributed by atoms with Crippen molar-refractivity contribution in [2.45, 2.75) is 17.9 Å². The van der Waals surface area contributed by atoms with Crippen LogP contribution in [0.2, 0.25) is 0 Å². The molecule has 19 heavy (non-hydrogen) atoms. The van der Waals surface area contributed by atoms with Crippen LogP contribution < -0.4 is 4.31 Å². The number of sulfonamides is 1. The molecular weight excluding hydrogens is 271 g/mol. The highest BCUT2D eigenvalue weighted by Crippen LogP contribution is 2.25. The molecule has 100 valence electrons. The zero-order chi connectivity index (χ0) is 13.5. The highest BCUT2D eigenvalue weighted by atomic mass is 32.2. The summed E-state index contributed by atoms with van der Waals surface area (Å²) in [6.07, 6.45) is 1.99. The number of hydrogen-bond donors (Lipinski definition) is 0. The minimum atomic E-state index is -3.72. The molecule has 0 radical (unpaired) electrons. The van der Waals surface area contributed by atoms with Crippen molar-refractivity contribution in [2.75, 3.05) is 10.8 Å². The molecule has 1 aromatic carbocycles. The fraction of sp³-hybridized carbons (Fsp3) is 0.273. The summed E-state index contributed by atoms with van der Waals surface area (Å²) >= 11 is 0. The van der Waals surface area contributed by atoms with Crippen LogP contribution in [0, 0.1) is 5.82 Å². The minimum absolute atomic E-state index is 0.0466. The molecule has 1 aromatic heterocycles. The molecule has 0 amide bonds. The Morgan fingerprint density at radius 3 is 2.63 bits per heavy atom. The van der Waals surface area contributed by atoms with Crippen LogP contribution in [0.25, 0.3) is 0 Å². The molecule has 0 saturated carbocycles. The van der Waals surface area contributed by atoms with Crippen molar-refractivity contribution < 1.29 is 12.8 Å². The van der Waals surface area contributed by atoms with Crippen LogP contribution in [0.5, 0.6) is 0 Å². The molecule has 1 aliphatic heterocycles. The Balaban J connectivity index is 2.05. The summed E-state index contributed by atoms with van der Waals surface area (Å²) in [6.45, 7) is 0.989. The van der Waals surface area contributed by atoms with E-state index in [1.54, 1.807) is 4.68 Å². The van der Waals surface area contributed by atoms with Crippen LogP contribution in [0.3, 0.4) is 0 Å². The van der Waals surface area contributed by atoms with Gasteiger partial charge in [0.15, 0.2) is 0 Å². The van der Waals surface area contributed by atoms with E-state index in [-0.39, 0.29) is 4.90 Å². The molecule has 0 fully saturated rings. The predicted octanol–water partition coefficient (Wildman–Crippen LogP) is 1.02. The fourth-order valence-corrected chi connectivity index (χ4v) is 3.49. The third kappa shape index (κ3) is 1.97. The fourth-order valence-electron chi connectivity index (χ4n) is 2.03. The molecule has 0 N–H and O–H groups in total. The molecule has 8 heteroatoms. The second-order valence-corrected chi connectivity index (χ2v) is 6.03. The van der Waals surface area contributed by atoms with Crippen molar-refractivity contribution >= 4 is 16.0 Å². The lowest BCUT2D eigenvalue weighted by molar-refractivity contribution is 0.529. The lowest BCUT2D eigenvalue weighted by Gasteiger charge is -2.27. The average Bonchev–Trinajstić information content (AvgIpc) is 2.87. The van der Waals surface area contributed by atoms with Gasteiger partial charge in [-0.2, -0.15) is 10.1 Å². The number of halogens is 1. The summed E-state index contributed by atoms with van der Waals surface area (Å²) in [7, 11) is -3.72. The van der Waals surface area contributed by atoms with Gasteiger partial charge in [-0.1, -0.05) is 0 Å². The molecule has 0 atom stereocenters. The average molecular weight is 282 g/mol. The topological polar surface area (TPSA) is 68.1 Å². The summed E-state index contributed by atoms with van der Waals surface area (Å²) in [5.74, 6) is -0.170. The van der Waals surface area contributed by atoms with Gasteiger partial charge in [0.2, 0.25) is 5.95 Å². The maximum atomic E-state index is 12.9. The largest absolute Gasteiger partial charge is 0.266 e. The number of rotatable bonds is 2. The minimum Gasteiger partial charge on any atom is -0.234 e. The first-order valence-electron chi connectivity index (χ1n) is 5.75. The van der Waals surface area contributed by atoms with Crippen molar-refractivity contribution in [3.8, 4) is 0 Å². The zero-order valence-corrected chi connectivity index (χ0v) is 10.7. The number of fused-ring (bicyclic) bond motifs is 1. The Kier molecular flexibility index (Phi) is 2.74. The van der Waals surface area contributed by atoms with Gasteiger partial charge in [-0.25, -0.2) is 21.8 Å². The van der Waals surface area contributed by atoms with Crippen molar-refractivity contribution in [1.29, 1.82) is 0 Å². The Morgan fingerprint density at radius 1 is 1.16 bits per heavy atom. The van der Waals surface area contributed by atoms with E-state index in [9.17, 15) is 12.8 Å². The number of aryl methyl sites for hydroxylation is 1. The smallest absolute Gasteiger partial charge is 0.234 e. The van der Waals surface area contributed by atoms with E-state index in [4.69, 9.17) is 0 Å². The Bertz CT molecular complexity index is 696. The lowest BCUT2D eigenvalue weighted by Crippen LogP contribution is -2.38. The normalized spacial score (nSPS) is 15.3. The van der Waals surface area contributed by atoms with E-state index in [2.05, 4.69) is 10.1 Å². The molecule has 1 aliphatic rings. The predicted molar refractivity (Wildman–Crippen MR) is 65.6 cm³/mol. The van der Waals surface area contributed by atoms with Crippen LogP contribution in [-0.4, -0.2) is 29.7 Å². The molecule has 2 aromatic rings. The van der Waals surface area contributed by atoms with Crippen molar-refractivity contribution in [3.63, 3.8) is 0 Å². The van der Waals surface area contributed by atoms with Crippen molar-refractivity contribution in [2.24, 2.45) is 0 Å². The van der Waals surface area contributed by atoms with E-state index in [1.165, 1.54) is 22.8 Å². The van der Waals surface area contributed by atoms with Crippen LogP contribution in [0.1, 0.15) is 6.42 Å². The molecule has 0 spiro atoms. The van der Waals surface area contributed by atoms with Gasteiger partial charge in [-0.05, 0) is 30.7 Å². The molecule has 3 rings (SSSR count). The molecular formula is C11H11FN4O2S. The highest BCUT2D eigenvalue weighted by Gasteiger charge is 2.30. The second kappa shape index (κ2) is 4.30. The molecule has 6 nitrogen and oxygen atoms in total. The summed E-state index contributed by atoms with van der Waals surface area (Å²) in [6, 6.07) is 4.75. The van der Waals surface area contributed by atoms with Gasteiger partial charge in [-0.3, -0.25) is 0 Å². The third-order valence-electron chi connectivity index (χ3n) is 2.95. The maximum absolute atomic E-state index is 12.9. The molecule has 0 saturated heterocycles. The number of benzene rings is 1. The van der Waals surface area contributed by atoms with E-state index < -0.39 is 15.8 Å². The second-order valence-electron chi connectivity index (χ2n) is 4.17.